The molecule has 16 heavy (non-hydrogen) atoms. The summed E-state index contributed by atoms with van der Waals surface area (Å²) in [5, 5.41) is 2.86. The van der Waals surface area contributed by atoms with Gasteiger partial charge in [-0.3, -0.25) is 4.79 Å². The lowest BCUT2D eigenvalue weighted by Crippen LogP contribution is -2.23. The van der Waals surface area contributed by atoms with Gasteiger partial charge in [0.25, 0.3) is 5.91 Å². The summed E-state index contributed by atoms with van der Waals surface area (Å²) >= 11 is 1.43. The van der Waals surface area contributed by atoms with Gasteiger partial charge in [0.05, 0.1) is 4.88 Å². The van der Waals surface area contributed by atoms with Crippen LogP contribution >= 0.6 is 11.3 Å². The van der Waals surface area contributed by atoms with E-state index in [9.17, 15) is 4.79 Å². The maximum Gasteiger partial charge on any atom is 0.261 e. The number of ether oxygens (including phenoxy) is 1. The number of nitrogens with two attached hydrogens (primary N) is 1. The third-order valence-corrected chi connectivity index (χ3v) is 3.31. The summed E-state index contributed by atoms with van der Waals surface area (Å²) in [4.78, 5) is 13.3. The second-order valence-electron chi connectivity index (χ2n) is 3.58. The zero-order valence-corrected chi connectivity index (χ0v) is 10.5. The first-order valence-electron chi connectivity index (χ1n) is 5.28. The quantitative estimate of drug-likeness (QED) is 0.748. The third kappa shape index (κ3) is 3.83. The van der Waals surface area contributed by atoms with E-state index in [1.54, 1.807) is 13.2 Å². The fourth-order valence-corrected chi connectivity index (χ4v) is 2.13. The molecule has 1 aromatic rings. The van der Waals surface area contributed by atoms with Crippen LogP contribution in [0, 0.1) is 6.92 Å². The molecule has 0 radical (unpaired) electrons. The van der Waals surface area contributed by atoms with Gasteiger partial charge in [-0.15, -0.1) is 11.3 Å². The molecule has 0 unspecified atom stereocenters. The Hall–Kier alpha value is -1.07. The maximum atomic E-state index is 11.7. The Kier molecular flexibility index (Phi) is 5.28. The number of methoxy groups -OCH3 is 1. The van der Waals surface area contributed by atoms with E-state index in [0.29, 0.717) is 17.1 Å². The van der Waals surface area contributed by atoms with Crippen molar-refractivity contribution in [3.05, 3.63) is 15.8 Å². The number of nitrogens with one attached hydrogen (secondary N) is 1. The van der Waals surface area contributed by atoms with Crippen molar-refractivity contribution in [2.24, 2.45) is 0 Å². The van der Waals surface area contributed by atoms with Gasteiger partial charge in [0.15, 0.2) is 0 Å². The number of carbonyl (C=O) groups is 1. The summed E-state index contributed by atoms with van der Waals surface area (Å²) < 4.78 is 4.93. The Morgan fingerprint density at radius 2 is 2.31 bits per heavy atom. The standard InChI is InChI=1S/C11H18N2O2S/c1-8-9(12)7-10(16-8)11(14)13-5-3-4-6-15-2/h7H,3-6,12H2,1-2H3,(H,13,14). The van der Waals surface area contributed by atoms with Gasteiger partial charge in [0.1, 0.15) is 0 Å². The molecule has 4 nitrogen and oxygen atoms in total. The minimum Gasteiger partial charge on any atom is -0.398 e. The van der Waals surface area contributed by atoms with Crippen molar-refractivity contribution in [2.75, 3.05) is 26.0 Å². The van der Waals surface area contributed by atoms with Gasteiger partial charge in [0, 0.05) is 30.8 Å². The SMILES string of the molecule is COCCCCNC(=O)c1cc(N)c(C)s1. The van der Waals surface area contributed by atoms with Gasteiger partial charge in [-0.1, -0.05) is 0 Å². The van der Waals surface area contributed by atoms with Gasteiger partial charge in [0.2, 0.25) is 0 Å². The molecule has 0 aromatic carbocycles. The topological polar surface area (TPSA) is 64.3 Å². The van der Waals surface area contributed by atoms with E-state index in [-0.39, 0.29) is 5.91 Å². The van der Waals surface area contributed by atoms with Crippen LogP contribution in [0.25, 0.3) is 0 Å². The van der Waals surface area contributed by atoms with E-state index >= 15 is 0 Å². The van der Waals surface area contributed by atoms with Crippen molar-refractivity contribution in [3.8, 4) is 0 Å². The van der Waals surface area contributed by atoms with Crippen molar-refractivity contribution >= 4 is 22.9 Å². The lowest BCUT2D eigenvalue weighted by atomic mass is 10.3. The fraction of sp³-hybridized carbons (Fsp3) is 0.545. The first kappa shape index (κ1) is 13.0. The van der Waals surface area contributed by atoms with Crippen LogP contribution in [0.5, 0.6) is 0 Å². The molecule has 1 rings (SSSR count). The van der Waals surface area contributed by atoms with E-state index < -0.39 is 0 Å². The Morgan fingerprint density at radius 1 is 1.56 bits per heavy atom. The van der Waals surface area contributed by atoms with Gasteiger partial charge >= 0.3 is 0 Å². The van der Waals surface area contributed by atoms with Crippen molar-refractivity contribution in [2.45, 2.75) is 19.8 Å². The third-order valence-electron chi connectivity index (χ3n) is 2.24. The molecule has 1 aromatic heterocycles. The summed E-state index contributed by atoms with van der Waals surface area (Å²) in [6.45, 7) is 3.33. The van der Waals surface area contributed by atoms with Crippen LogP contribution in [-0.4, -0.2) is 26.2 Å². The molecule has 3 N–H and O–H groups in total. The van der Waals surface area contributed by atoms with E-state index in [2.05, 4.69) is 5.32 Å². The summed E-state index contributed by atoms with van der Waals surface area (Å²) in [7, 11) is 1.68. The average molecular weight is 242 g/mol. The van der Waals surface area contributed by atoms with Crippen molar-refractivity contribution < 1.29 is 9.53 Å². The number of hydrogen-bond acceptors (Lipinski definition) is 4. The lowest BCUT2D eigenvalue weighted by Gasteiger charge is -2.02. The number of thiophene rings is 1. The largest absolute Gasteiger partial charge is 0.398 e. The van der Waals surface area contributed by atoms with E-state index in [1.165, 1.54) is 11.3 Å². The highest BCUT2D eigenvalue weighted by Crippen LogP contribution is 2.22. The highest BCUT2D eigenvalue weighted by atomic mass is 32.1. The van der Waals surface area contributed by atoms with Crippen molar-refractivity contribution in [1.29, 1.82) is 0 Å². The number of aryl methyl sites for hydroxylation is 1. The second kappa shape index (κ2) is 6.50. The fourth-order valence-electron chi connectivity index (χ4n) is 1.27. The van der Waals surface area contributed by atoms with E-state index in [1.807, 2.05) is 6.92 Å². The van der Waals surface area contributed by atoms with Crippen LogP contribution in [0.3, 0.4) is 0 Å². The summed E-state index contributed by atoms with van der Waals surface area (Å²) in [5.74, 6) is -0.0396. The highest BCUT2D eigenvalue weighted by Gasteiger charge is 2.09. The number of rotatable bonds is 6. The van der Waals surface area contributed by atoms with Crippen LogP contribution in [0.4, 0.5) is 5.69 Å². The van der Waals surface area contributed by atoms with Crippen molar-refractivity contribution in [3.63, 3.8) is 0 Å². The van der Waals surface area contributed by atoms with Crippen molar-refractivity contribution in [1.82, 2.24) is 5.32 Å². The average Bonchev–Trinajstić information content (AvgIpc) is 2.59. The number of unbranched alkanes of at least 4 members (excludes halogenated alkanes) is 1. The molecule has 0 saturated carbocycles. The maximum absolute atomic E-state index is 11.7. The molecule has 0 atom stereocenters. The number of hydrogen-bond donors (Lipinski definition) is 2. The summed E-state index contributed by atoms with van der Waals surface area (Å²) in [6.07, 6.45) is 1.89. The Morgan fingerprint density at radius 3 is 2.88 bits per heavy atom. The van der Waals surface area contributed by atoms with E-state index in [4.69, 9.17) is 10.5 Å². The van der Waals surface area contributed by atoms with Crippen LogP contribution in [0.1, 0.15) is 27.4 Å². The Labute approximate surface area is 99.8 Å². The number of carbonyl (C=O) groups excluding carboxylic acids is 1. The predicted octanol–water partition coefficient (Wildman–Crippen LogP) is 1.80. The Bertz CT molecular complexity index is 330. The molecule has 0 aliphatic rings. The van der Waals surface area contributed by atoms with Gasteiger partial charge in [-0.05, 0) is 25.8 Å². The zero-order valence-electron chi connectivity index (χ0n) is 9.71. The molecular weight excluding hydrogens is 224 g/mol. The molecule has 5 heteroatoms. The monoisotopic (exact) mass is 242 g/mol. The predicted molar refractivity (Wildman–Crippen MR) is 66.9 cm³/mol. The van der Waals surface area contributed by atoms with Crippen LogP contribution < -0.4 is 11.1 Å². The Balaban J connectivity index is 2.30. The number of nitrogen functional groups attached to an aromatic ring is 1. The molecule has 0 spiro atoms. The molecule has 0 aliphatic heterocycles. The summed E-state index contributed by atoms with van der Waals surface area (Å²) in [6, 6.07) is 1.73. The minimum absolute atomic E-state index is 0.0396. The first-order valence-corrected chi connectivity index (χ1v) is 6.10. The second-order valence-corrected chi connectivity index (χ2v) is 4.83. The zero-order chi connectivity index (χ0) is 12.0. The van der Waals surface area contributed by atoms with Crippen LogP contribution in [-0.2, 0) is 4.74 Å². The number of amides is 1. The summed E-state index contributed by atoms with van der Waals surface area (Å²) in [5.41, 5.74) is 6.38. The van der Waals surface area contributed by atoms with E-state index in [0.717, 1.165) is 24.3 Å². The highest BCUT2D eigenvalue weighted by molar-refractivity contribution is 7.14. The molecule has 0 fully saturated rings. The normalized spacial score (nSPS) is 10.4. The minimum atomic E-state index is -0.0396. The molecule has 1 amide bonds. The molecule has 1 heterocycles. The lowest BCUT2D eigenvalue weighted by molar-refractivity contribution is 0.0955. The van der Waals surface area contributed by atoms with Crippen LogP contribution in [0.2, 0.25) is 0 Å². The van der Waals surface area contributed by atoms with Gasteiger partial charge in [-0.2, -0.15) is 0 Å². The molecular formula is C11H18N2O2S. The van der Waals surface area contributed by atoms with Crippen LogP contribution in [0.15, 0.2) is 6.07 Å². The molecule has 0 aliphatic carbocycles. The van der Waals surface area contributed by atoms with Gasteiger partial charge in [-0.25, -0.2) is 0 Å². The molecule has 90 valence electrons. The number of anilines is 1. The van der Waals surface area contributed by atoms with Gasteiger partial charge < -0.3 is 15.8 Å². The molecule has 0 saturated heterocycles. The smallest absolute Gasteiger partial charge is 0.261 e. The first-order chi connectivity index (χ1) is 7.65. The molecule has 0 bridgehead atoms.